The van der Waals surface area contributed by atoms with Crippen molar-refractivity contribution in [1.29, 1.82) is 0 Å². The van der Waals surface area contributed by atoms with Crippen LogP contribution < -0.4 is 10.1 Å². The van der Waals surface area contributed by atoms with E-state index >= 15 is 0 Å². The van der Waals surface area contributed by atoms with Gasteiger partial charge in [-0.1, -0.05) is 18.5 Å². The number of hydrogen-bond donors (Lipinski definition) is 2. The molecule has 1 heterocycles. The number of rotatable bonds is 7. The van der Waals surface area contributed by atoms with E-state index in [1.165, 1.54) is 0 Å². The van der Waals surface area contributed by atoms with E-state index in [4.69, 9.17) is 20.8 Å². The standard InChI is InChI=1S/C16H20ClNO3/c1-3-12(10-19)18-9-13-5-7-15(21-13)11-4-6-16(20-2)14(17)8-11/h4-8,12,18-19H,3,9-10H2,1-2H3/p+1/t12-/m0/s1. The quantitative estimate of drug-likeness (QED) is 0.826. The number of furan rings is 1. The van der Waals surface area contributed by atoms with Gasteiger partial charge in [0.1, 0.15) is 24.1 Å². The maximum Gasteiger partial charge on any atom is 0.158 e. The number of benzene rings is 1. The summed E-state index contributed by atoms with van der Waals surface area (Å²) in [6.45, 7) is 2.95. The molecule has 5 heteroatoms. The summed E-state index contributed by atoms with van der Waals surface area (Å²) in [4.78, 5) is 0. The molecule has 0 amide bonds. The van der Waals surface area contributed by atoms with Crippen LogP contribution in [0.15, 0.2) is 34.7 Å². The Labute approximate surface area is 129 Å². The van der Waals surface area contributed by atoms with Crippen molar-refractivity contribution in [2.45, 2.75) is 25.9 Å². The fourth-order valence-electron chi connectivity index (χ4n) is 2.12. The lowest BCUT2D eigenvalue weighted by Gasteiger charge is -2.08. The van der Waals surface area contributed by atoms with Gasteiger partial charge in [0.05, 0.1) is 18.7 Å². The van der Waals surface area contributed by atoms with Gasteiger partial charge in [-0.2, -0.15) is 0 Å². The Morgan fingerprint density at radius 3 is 2.76 bits per heavy atom. The topological polar surface area (TPSA) is 59.2 Å². The highest BCUT2D eigenvalue weighted by Crippen LogP contribution is 2.30. The summed E-state index contributed by atoms with van der Waals surface area (Å²) in [5.74, 6) is 2.30. The number of halogens is 1. The van der Waals surface area contributed by atoms with Crippen molar-refractivity contribution in [3.63, 3.8) is 0 Å². The van der Waals surface area contributed by atoms with Crippen LogP contribution in [-0.4, -0.2) is 24.9 Å². The molecule has 2 rings (SSSR count). The summed E-state index contributed by atoms with van der Waals surface area (Å²) in [7, 11) is 1.59. The molecule has 0 fully saturated rings. The number of aliphatic hydroxyl groups is 1. The Morgan fingerprint density at radius 2 is 2.14 bits per heavy atom. The van der Waals surface area contributed by atoms with E-state index in [-0.39, 0.29) is 12.6 Å². The second-order valence-corrected chi connectivity index (χ2v) is 5.31. The molecule has 0 saturated heterocycles. The van der Waals surface area contributed by atoms with Gasteiger partial charge < -0.3 is 19.6 Å². The molecule has 1 aromatic carbocycles. The van der Waals surface area contributed by atoms with Crippen LogP contribution in [-0.2, 0) is 6.54 Å². The van der Waals surface area contributed by atoms with Crippen LogP contribution in [0, 0.1) is 0 Å². The normalized spacial score (nSPS) is 12.4. The van der Waals surface area contributed by atoms with Crippen molar-refractivity contribution >= 4 is 11.6 Å². The molecule has 3 N–H and O–H groups in total. The fraction of sp³-hybridized carbons (Fsp3) is 0.375. The van der Waals surface area contributed by atoms with Crippen LogP contribution >= 0.6 is 11.6 Å². The Morgan fingerprint density at radius 1 is 1.33 bits per heavy atom. The number of hydrogen-bond acceptors (Lipinski definition) is 3. The van der Waals surface area contributed by atoms with E-state index in [1.807, 2.05) is 30.3 Å². The zero-order valence-electron chi connectivity index (χ0n) is 12.3. The number of quaternary nitrogens is 1. The van der Waals surface area contributed by atoms with E-state index in [0.29, 0.717) is 17.3 Å². The smallest absolute Gasteiger partial charge is 0.158 e. The molecule has 0 spiro atoms. The largest absolute Gasteiger partial charge is 0.495 e. The number of ether oxygens (including phenoxy) is 1. The lowest BCUT2D eigenvalue weighted by Crippen LogP contribution is -2.89. The molecule has 1 atom stereocenters. The van der Waals surface area contributed by atoms with Crippen LogP contribution in [0.3, 0.4) is 0 Å². The van der Waals surface area contributed by atoms with Crippen molar-refractivity contribution in [1.82, 2.24) is 0 Å². The molecular formula is C16H21ClNO3+. The monoisotopic (exact) mass is 310 g/mol. The van der Waals surface area contributed by atoms with Gasteiger partial charge >= 0.3 is 0 Å². The van der Waals surface area contributed by atoms with Gasteiger partial charge in [-0.15, -0.1) is 0 Å². The molecule has 0 radical (unpaired) electrons. The first-order chi connectivity index (χ1) is 10.2. The van der Waals surface area contributed by atoms with Crippen molar-refractivity contribution in [3.8, 4) is 17.1 Å². The van der Waals surface area contributed by atoms with Crippen LogP contribution in [0.2, 0.25) is 5.02 Å². The van der Waals surface area contributed by atoms with Crippen LogP contribution in [0.4, 0.5) is 0 Å². The minimum atomic E-state index is 0.179. The van der Waals surface area contributed by atoms with Gasteiger partial charge in [-0.25, -0.2) is 0 Å². The number of aliphatic hydroxyl groups excluding tert-OH is 1. The Bertz CT molecular complexity index is 579. The Hall–Kier alpha value is -1.49. The number of methoxy groups -OCH3 is 1. The van der Waals surface area contributed by atoms with Crippen LogP contribution in [0.1, 0.15) is 19.1 Å². The molecule has 0 unspecified atom stereocenters. The minimum Gasteiger partial charge on any atom is -0.495 e. The molecule has 2 aromatic rings. The van der Waals surface area contributed by atoms with E-state index in [1.54, 1.807) is 7.11 Å². The van der Waals surface area contributed by atoms with E-state index in [9.17, 15) is 5.11 Å². The molecule has 0 aliphatic carbocycles. The predicted octanol–water partition coefficient (Wildman–Crippen LogP) is 2.44. The summed E-state index contributed by atoms with van der Waals surface area (Å²) in [5.41, 5.74) is 0.918. The summed E-state index contributed by atoms with van der Waals surface area (Å²) in [6.07, 6.45) is 0.929. The lowest BCUT2D eigenvalue weighted by molar-refractivity contribution is -0.707. The molecule has 0 aliphatic heterocycles. The highest BCUT2D eigenvalue weighted by molar-refractivity contribution is 6.32. The Balaban J connectivity index is 2.07. The molecule has 21 heavy (non-hydrogen) atoms. The highest BCUT2D eigenvalue weighted by Gasteiger charge is 2.11. The SMILES string of the molecule is CC[C@@H](CO)[NH2+]Cc1ccc(-c2ccc(OC)c(Cl)c2)o1. The lowest BCUT2D eigenvalue weighted by atomic mass is 10.2. The highest BCUT2D eigenvalue weighted by atomic mass is 35.5. The van der Waals surface area contributed by atoms with Crippen molar-refractivity contribution in [2.24, 2.45) is 0 Å². The van der Waals surface area contributed by atoms with Gasteiger partial charge in [-0.3, -0.25) is 0 Å². The third-order valence-electron chi connectivity index (χ3n) is 3.51. The molecule has 0 bridgehead atoms. The van der Waals surface area contributed by atoms with E-state index in [2.05, 4.69) is 12.2 Å². The zero-order chi connectivity index (χ0) is 15.2. The predicted molar refractivity (Wildman–Crippen MR) is 82.5 cm³/mol. The second-order valence-electron chi connectivity index (χ2n) is 4.91. The van der Waals surface area contributed by atoms with Gasteiger partial charge in [0.2, 0.25) is 0 Å². The maximum atomic E-state index is 9.18. The van der Waals surface area contributed by atoms with Crippen molar-refractivity contribution in [3.05, 3.63) is 41.1 Å². The van der Waals surface area contributed by atoms with Crippen molar-refractivity contribution < 1.29 is 19.6 Å². The third kappa shape index (κ3) is 4.00. The van der Waals surface area contributed by atoms with Gasteiger partial charge in [0.25, 0.3) is 0 Å². The first-order valence-corrected chi connectivity index (χ1v) is 7.42. The average Bonchev–Trinajstić information content (AvgIpc) is 2.97. The first-order valence-electron chi connectivity index (χ1n) is 7.04. The average molecular weight is 311 g/mol. The van der Waals surface area contributed by atoms with Crippen LogP contribution in [0.25, 0.3) is 11.3 Å². The Kier molecular flexibility index (Phi) is 5.67. The molecular weight excluding hydrogens is 290 g/mol. The van der Waals surface area contributed by atoms with Gasteiger partial charge in [-0.05, 0) is 36.8 Å². The zero-order valence-corrected chi connectivity index (χ0v) is 13.1. The summed E-state index contributed by atoms with van der Waals surface area (Å²) in [6, 6.07) is 9.67. The number of nitrogens with two attached hydrogens (primary N) is 1. The third-order valence-corrected chi connectivity index (χ3v) is 3.80. The van der Waals surface area contributed by atoms with E-state index < -0.39 is 0 Å². The van der Waals surface area contributed by atoms with Gasteiger partial charge in [0.15, 0.2) is 5.76 Å². The minimum absolute atomic E-state index is 0.179. The van der Waals surface area contributed by atoms with E-state index in [0.717, 1.165) is 23.5 Å². The first kappa shape index (κ1) is 15.9. The van der Waals surface area contributed by atoms with Gasteiger partial charge in [0, 0.05) is 5.56 Å². The van der Waals surface area contributed by atoms with Crippen molar-refractivity contribution in [2.75, 3.05) is 13.7 Å². The van der Waals surface area contributed by atoms with Crippen LogP contribution in [0.5, 0.6) is 5.75 Å². The summed E-state index contributed by atoms with van der Waals surface area (Å²) in [5, 5.41) is 11.8. The molecule has 0 aliphatic rings. The summed E-state index contributed by atoms with van der Waals surface area (Å²) < 4.78 is 11.0. The second kappa shape index (κ2) is 7.50. The summed E-state index contributed by atoms with van der Waals surface area (Å²) >= 11 is 6.13. The molecule has 4 nitrogen and oxygen atoms in total. The molecule has 1 aromatic heterocycles. The molecule has 0 saturated carbocycles. The molecule has 114 valence electrons. The fourth-order valence-corrected chi connectivity index (χ4v) is 2.37. The maximum absolute atomic E-state index is 9.18.